The second-order valence-electron chi connectivity index (χ2n) is 13.9. The number of benzene rings is 3. The van der Waals surface area contributed by atoms with Crippen molar-refractivity contribution in [1.82, 2.24) is 15.4 Å². The van der Waals surface area contributed by atoms with Crippen LogP contribution in [0.15, 0.2) is 83.8 Å². The van der Waals surface area contributed by atoms with E-state index in [1.54, 1.807) is 66.7 Å². The fourth-order valence-electron chi connectivity index (χ4n) is 5.91. The minimum atomic E-state index is -4.06. The molecule has 3 aromatic rings. The van der Waals surface area contributed by atoms with Gasteiger partial charge in [-0.2, -0.15) is 4.72 Å². The minimum absolute atomic E-state index is 0.0225. The molecule has 10 nitrogen and oxygen atoms in total. The highest BCUT2D eigenvalue weighted by atomic mass is 32.2. The van der Waals surface area contributed by atoms with Gasteiger partial charge in [0.05, 0.1) is 10.6 Å². The highest BCUT2D eigenvalue weighted by Crippen LogP contribution is 2.18. The smallest absolute Gasteiger partial charge is 0.311 e. The van der Waals surface area contributed by atoms with Crippen LogP contribution in [0.2, 0.25) is 0 Å². The number of unbranched alkanes of at least 4 members (excludes halogenated alkanes) is 12. The molecule has 0 aliphatic heterocycles. The number of carbonyl (C=O) groups is 4. The molecule has 0 radical (unpaired) electrons. The number of rotatable bonds is 27. The molecule has 55 heavy (non-hydrogen) atoms. The van der Waals surface area contributed by atoms with Crippen LogP contribution in [0.3, 0.4) is 0 Å². The van der Waals surface area contributed by atoms with Gasteiger partial charge in [0.15, 0.2) is 0 Å². The van der Waals surface area contributed by atoms with Crippen LogP contribution in [0.5, 0.6) is 5.75 Å². The van der Waals surface area contributed by atoms with Gasteiger partial charge in [-0.3, -0.25) is 19.2 Å². The molecule has 2 amide bonds. The zero-order valence-electron chi connectivity index (χ0n) is 32.5. The number of aryl methyl sites for hydroxylation is 1. The van der Waals surface area contributed by atoms with Gasteiger partial charge in [-0.25, -0.2) is 8.42 Å². The first-order valence-corrected chi connectivity index (χ1v) is 22.2. The van der Waals surface area contributed by atoms with Crippen molar-refractivity contribution in [1.29, 1.82) is 0 Å². The number of sulfonamides is 1. The van der Waals surface area contributed by atoms with Crippen LogP contribution in [-0.2, 0) is 30.8 Å². The third kappa shape index (κ3) is 18.9. The quantitative estimate of drug-likeness (QED) is 0.0399. The largest absolute Gasteiger partial charge is 0.427 e. The second-order valence-corrected chi connectivity index (χ2v) is 16.5. The molecule has 0 heterocycles. The Morgan fingerprint density at radius 1 is 0.691 bits per heavy atom. The lowest BCUT2D eigenvalue weighted by atomic mass is 10.0. The fraction of sp³-hybridized carbons (Fsp3) is 0.488. The molecule has 12 heteroatoms. The normalized spacial score (nSPS) is 11.8. The number of thioether (sulfide) groups is 1. The van der Waals surface area contributed by atoms with Crippen molar-refractivity contribution in [3.05, 3.63) is 95.6 Å². The summed E-state index contributed by atoms with van der Waals surface area (Å²) in [5.41, 5.74) is 2.04. The summed E-state index contributed by atoms with van der Waals surface area (Å²) >= 11 is 0.884. The predicted molar refractivity (Wildman–Crippen MR) is 221 cm³/mol. The van der Waals surface area contributed by atoms with Gasteiger partial charge >= 0.3 is 5.97 Å². The maximum atomic E-state index is 13.3. The Hall–Kier alpha value is -4.00. The molecule has 0 aromatic heterocycles. The van der Waals surface area contributed by atoms with E-state index in [9.17, 15) is 27.6 Å². The zero-order chi connectivity index (χ0) is 39.7. The van der Waals surface area contributed by atoms with Crippen LogP contribution in [0, 0.1) is 6.92 Å². The third-order valence-electron chi connectivity index (χ3n) is 9.11. The van der Waals surface area contributed by atoms with Crippen molar-refractivity contribution >= 4 is 44.7 Å². The lowest BCUT2D eigenvalue weighted by Gasteiger charge is -2.19. The first-order chi connectivity index (χ1) is 26.6. The number of amides is 2. The maximum Gasteiger partial charge on any atom is 0.311 e. The maximum absolute atomic E-state index is 13.3. The number of nitrogens with one attached hydrogen (secondary N) is 3. The van der Waals surface area contributed by atoms with Crippen molar-refractivity contribution < 1.29 is 32.3 Å². The molecular formula is C43H59N3O7S2. The zero-order valence-corrected chi connectivity index (χ0v) is 34.1. The van der Waals surface area contributed by atoms with Crippen LogP contribution < -0.4 is 20.1 Å². The van der Waals surface area contributed by atoms with Gasteiger partial charge in [0.25, 0.3) is 0 Å². The summed E-state index contributed by atoms with van der Waals surface area (Å²) in [4.78, 5) is 50.4. The van der Waals surface area contributed by atoms with Crippen molar-refractivity contribution in [2.24, 2.45) is 0 Å². The van der Waals surface area contributed by atoms with Crippen LogP contribution in [0.25, 0.3) is 0 Å². The Morgan fingerprint density at radius 3 is 1.85 bits per heavy atom. The lowest BCUT2D eigenvalue weighted by molar-refractivity contribution is -0.134. The molecule has 1 unspecified atom stereocenters. The summed E-state index contributed by atoms with van der Waals surface area (Å²) in [5, 5.41) is 5.14. The minimum Gasteiger partial charge on any atom is -0.427 e. The van der Waals surface area contributed by atoms with E-state index in [0.717, 1.165) is 36.6 Å². The first kappa shape index (κ1) is 45.4. The summed E-state index contributed by atoms with van der Waals surface area (Å²) in [5.74, 6) is -0.945. The highest BCUT2D eigenvalue weighted by molar-refractivity contribution is 8.14. The molecule has 0 saturated carbocycles. The summed E-state index contributed by atoms with van der Waals surface area (Å²) in [7, 11) is -4.06. The second kappa shape index (κ2) is 26.0. The predicted octanol–water partition coefficient (Wildman–Crippen LogP) is 8.08. The van der Waals surface area contributed by atoms with E-state index in [-0.39, 0.29) is 47.2 Å². The van der Waals surface area contributed by atoms with E-state index in [0.29, 0.717) is 23.3 Å². The molecule has 0 aliphatic carbocycles. The van der Waals surface area contributed by atoms with Gasteiger partial charge in [-0.05, 0) is 49.6 Å². The van der Waals surface area contributed by atoms with Gasteiger partial charge in [0.1, 0.15) is 11.8 Å². The van der Waals surface area contributed by atoms with E-state index in [1.165, 1.54) is 76.3 Å². The van der Waals surface area contributed by atoms with Crippen LogP contribution in [0.4, 0.5) is 0 Å². The fourth-order valence-corrected chi connectivity index (χ4v) is 7.77. The molecule has 0 saturated heterocycles. The standard InChI is InChI=1S/C43H59N3O7S2/c1-3-4-5-6-7-8-9-10-11-12-13-14-18-21-41(48)53-37-26-24-35(25-27-37)32-39(46-55(51,52)38-28-22-34(2)23-29-38)42(49)45-31-30-44-40(47)33-54-43(50)36-19-16-15-17-20-36/h15-17,19-20,22-29,39,46H,3-14,18,21,30-33H2,1-2H3,(H,44,47)(H,45,49). The third-order valence-corrected chi connectivity index (χ3v) is 11.5. The molecule has 0 spiro atoms. The number of hydrogen-bond acceptors (Lipinski definition) is 8. The highest BCUT2D eigenvalue weighted by Gasteiger charge is 2.26. The lowest BCUT2D eigenvalue weighted by Crippen LogP contribution is -2.49. The molecule has 300 valence electrons. The Kier molecular flexibility index (Phi) is 21.4. The van der Waals surface area contributed by atoms with Gasteiger partial charge in [0.2, 0.25) is 27.0 Å². The van der Waals surface area contributed by atoms with Gasteiger partial charge in [0, 0.05) is 25.1 Å². The molecule has 3 N–H and O–H groups in total. The van der Waals surface area contributed by atoms with Gasteiger partial charge in [-0.1, -0.05) is 156 Å². The molecule has 0 fully saturated rings. The van der Waals surface area contributed by atoms with Crippen molar-refractivity contribution in [2.75, 3.05) is 18.8 Å². The molecule has 3 rings (SSSR count). The average molecular weight is 794 g/mol. The molecule has 1 atom stereocenters. The summed E-state index contributed by atoms with van der Waals surface area (Å²) in [6.45, 7) is 4.22. The Bertz CT molecular complexity index is 1700. The topological polar surface area (TPSA) is 148 Å². The van der Waals surface area contributed by atoms with Crippen LogP contribution >= 0.6 is 11.8 Å². The molecular weight excluding hydrogens is 735 g/mol. The molecule has 0 bridgehead atoms. The number of esters is 1. The summed E-state index contributed by atoms with van der Waals surface area (Å²) in [6.07, 6.45) is 16.4. The van der Waals surface area contributed by atoms with E-state index in [4.69, 9.17) is 4.74 Å². The van der Waals surface area contributed by atoms with Crippen molar-refractivity contribution in [3.8, 4) is 5.75 Å². The van der Waals surface area contributed by atoms with Gasteiger partial charge < -0.3 is 15.4 Å². The van der Waals surface area contributed by atoms with Crippen molar-refractivity contribution in [2.45, 2.75) is 121 Å². The SMILES string of the molecule is CCCCCCCCCCCCCCCC(=O)Oc1ccc(CC(NS(=O)(=O)c2ccc(C)cc2)C(=O)NCCNC(=O)CSC(=O)c2ccccc2)cc1. The molecule has 0 aliphatic rings. The Labute approximate surface area is 332 Å². The Balaban J connectivity index is 1.43. The molecule has 3 aromatic carbocycles. The van der Waals surface area contributed by atoms with E-state index >= 15 is 0 Å². The van der Waals surface area contributed by atoms with Gasteiger partial charge in [-0.15, -0.1) is 0 Å². The number of carbonyl (C=O) groups excluding carboxylic acids is 4. The van der Waals surface area contributed by atoms with Crippen LogP contribution in [-0.4, -0.2) is 56.2 Å². The monoisotopic (exact) mass is 793 g/mol. The van der Waals surface area contributed by atoms with Crippen LogP contribution in [0.1, 0.15) is 118 Å². The Morgan fingerprint density at radius 2 is 1.25 bits per heavy atom. The summed E-state index contributed by atoms with van der Waals surface area (Å²) < 4.78 is 34.6. The van der Waals surface area contributed by atoms with E-state index in [1.807, 2.05) is 6.92 Å². The first-order valence-electron chi connectivity index (χ1n) is 19.7. The van der Waals surface area contributed by atoms with Crippen molar-refractivity contribution in [3.63, 3.8) is 0 Å². The average Bonchev–Trinajstić information content (AvgIpc) is 3.18. The summed E-state index contributed by atoms with van der Waals surface area (Å²) in [6, 6.07) is 20.5. The number of ether oxygens (including phenoxy) is 1. The van der Waals surface area contributed by atoms with E-state index < -0.39 is 22.0 Å². The van der Waals surface area contributed by atoms with E-state index in [2.05, 4.69) is 22.3 Å². The number of hydrogen-bond donors (Lipinski definition) is 3.